The predicted octanol–water partition coefficient (Wildman–Crippen LogP) is 4.78. The maximum Gasteiger partial charge on any atom is 0.266 e. The van der Waals surface area contributed by atoms with E-state index >= 15 is 0 Å². The summed E-state index contributed by atoms with van der Waals surface area (Å²) in [7, 11) is 1.53. The van der Waals surface area contributed by atoms with Gasteiger partial charge in [-0.1, -0.05) is 41.4 Å². The number of ether oxygens (including phenoxy) is 2. The third-order valence-corrected chi connectivity index (χ3v) is 3.86. The maximum absolute atomic E-state index is 8.92. The fourth-order valence-corrected chi connectivity index (χ4v) is 2.51. The van der Waals surface area contributed by atoms with Gasteiger partial charge in [-0.15, -0.1) is 0 Å². The van der Waals surface area contributed by atoms with Crippen molar-refractivity contribution in [2.24, 2.45) is 0 Å². The molecule has 0 amide bonds. The molecule has 1 heterocycles. The highest BCUT2D eigenvalue weighted by Gasteiger charge is 2.17. The third kappa shape index (κ3) is 3.54. The van der Waals surface area contributed by atoms with Gasteiger partial charge in [0.25, 0.3) is 5.88 Å². The molecular formula is C19H14ClN3O2. The van der Waals surface area contributed by atoms with E-state index in [-0.39, 0.29) is 5.88 Å². The van der Waals surface area contributed by atoms with Gasteiger partial charge in [-0.25, -0.2) is 4.98 Å². The molecule has 0 saturated carbocycles. The zero-order valence-electron chi connectivity index (χ0n) is 13.7. The quantitative estimate of drug-likeness (QED) is 0.676. The van der Waals surface area contributed by atoms with Gasteiger partial charge in [0.1, 0.15) is 17.8 Å². The minimum atomic E-state index is 0.250. The van der Waals surface area contributed by atoms with Crippen molar-refractivity contribution in [3.63, 3.8) is 0 Å². The summed E-state index contributed by atoms with van der Waals surface area (Å²) in [5, 5.41) is 9.23. The normalized spacial score (nSPS) is 10.2. The molecule has 2 aromatic carbocycles. The van der Waals surface area contributed by atoms with Crippen LogP contribution in [0.1, 0.15) is 11.1 Å². The Bertz CT molecular complexity index is 950. The molecule has 1 aromatic heterocycles. The molecule has 0 atom stereocenters. The van der Waals surface area contributed by atoms with E-state index in [4.69, 9.17) is 26.3 Å². The average molecular weight is 352 g/mol. The van der Waals surface area contributed by atoms with Crippen LogP contribution in [0.2, 0.25) is 5.02 Å². The van der Waals surface area contributed by atoms with Crippen LogP contribution >= 0.6 is 11.6 Å². The van der Waals surface area contributed by atoms with Gasteiger partial charge in [0.05, 0.1) is 23.8 Å². The van der Waals surface area contributed by atoms with Crippen molar-refractivity contribution in [3.8, 4) is 34.7 Å². The smallest absolute Gasteiger partial charge is 0.266 e. The summed E-state index contributed by atoms with van der Waals surface area (Å²) < 4.78 is 11.3. The van der Waals surface area contributed by atoms with E-state index in [0.29, 0.717) is 27.8 Å². The fraction of sp³-hybridized carbons (Fsp3) is 0.105. The molecule has 0 aliphatic carbocycles. The van der Waals surface area contributed by atoms with Crippen molar-refractivity contribution < 1.29 is 9.47 Å². The largest absolute Gasteiger partial charge is 0.490 e. The summed E-state index contributed by atoms with van der Waals surface area (Å²) in [4.78, 5) is 8.46. The molecule has 124 valence electrons. The van der Waals surface area contributed by atoms with Gasteiger partial charge in [0, 0.05) is 5.56 Å². The summed E-state index contributed by atoms with van der Waals surface area (Å²) in [5.41, 5.74) is 3.11. The van der Waals surface area contributed by atoms with Crippen LogP contribution in [0.25, 0.3) is 11.3 Å². The van der Waals surface area contributed by atoms with Crippen molar-refractivity contribution in [2.75, 3.05) is 7.11 Å². The lowest BCUT2D eigenvalue weighted by atomic mass is 10.1. The molecule has 5 nitrogen and oxygen atoms in total. The highest BCUT2D eigenvalue weighted by Crippen LogP contribution is 2.38. The average Bonchev–Trinajstić information content (AvgIpc) is 2.63. The zero-order chi connectivity index (χ0) is 17.8. The lowest BCUT2D eigenvalue weighted by Gasteiger charge is -2.13. The molecule has 0 spiro atoms. The summed E-state index contributed by atoms with van der Waals surface area (Å²) >= 11 is 6.17. The van der Waals surface area contributed by atoms with E-state index in [1.54, 1.807) is 12.1 Å². The van der Waals surface area contributed by atoms with Gasteiger partial charge in [-0.3, -0.25) is 0 Å². The number of aromatic nitrogens is 2. The molecule has 0 N–H and O–H groups in total. The first-order chi connectivity index (χ1) is 12.1. The third-order valence-electron chi connectivity index (χ3n) is 3.57. The molecule has 0 bridgehead atoms. The second-order valence-electron chi connectivity index (χ2n) is 5.29. The minimum Gasteiger partial charge on any atom is -0.490 e. The molecule has 0 fully saturated rings. The molecule has 25 heavy (non-hydrogen) atoms. The van der Waals surface area contributed by atoms with E-state index in [0.717, 1.165) is 11.1 Å². The Morgan fingerprint density at radius 2 is 1.84 bits per heavy atom. The lowest BCUT2D eigenvalue weighted by Crippen LogP contribution is -1.98. The maximum atomic E-state index is 8.92. The Morgan fingerprint density at radius 1 is 1.08 bits per heavy atom. The molecule has 0 saturated heterocycles. The molecule has 0 radical (unpaired) electrons. The van der Waals surface area contributed by atoms with Gasteiger partial charge in [0.2, 0.25) is 5.75 Å². The van der Waals surface area contributed by atoms with E-state index in [1.807, 2.05) is 37.3 Å². The van der Waals surface area contributed by atoms with E-state index in [1.165, 1.54) is 19.5 Å². The monoisotopic (exact) mass is 351 g/mol. The number of rotatable bonds is 4. The van der Waals surface area contributed by atoms with Crippen molar-refractivity contribution in [3.05, 3.63) is 64.9 Å². The van der Waals surface area contributed by atoms with Gasteiger partial charge >= 0.3 is 0 Å². The fourth-order valence-electron chi connectivity index (χ4n) is 2.29. The van der Waals surface area contributed by atoms with Crippen LogP contribution in [0.5, 0.6) is 17.4 Å². The van der Waals surface area contributed by atoms with Crippen LogP contribution in [0, 0.1) is 18.3 Å². The van der Waals surface area contributed by atoms with Crippen LogP contribution in [-0.2, 0) is 0 Å². The van der Waals surface area contributed by atoms with Crippen molar-refractivity contribution in [1.82, 2.24) is 9.97 Å². The molecule has 0 unspecified atom stereocenters. The second kappa shape index (κ2) is 7.20. The van der Waals surface area contributed by atoms with Gasteiger partial charge in [-0.2, -0.15) is 10.2 Å². The number of aryl methyl sites for hydroxylation is 1. The van der Waals surface area contributed by atoms with Gasteiger partial charge in [0.15, 0.2) is 0 Å². The second-order valence-corrected chi connectivity index (χ2v) is 5.69. The minimum absolute atomic E-state index is 0.250. The lowest BCUT2D eigenvalue weighted by molar-refractivity contribution is 0.369. The highest BCUT2D eigenvalue weighted by molar-refractivity contribution is 6.32. The predicted molar refractivity (Wildman–Crippen MR) is 95.0 cm³/mol. The SMILES string of the molecule is COc1c(Oc2ccc(C#N)cc2Cl)ncnc1-c1ccc(C)cc1. The van der Waals surface area contributed by atoms with Crippen LogP contribution in [-0.4, -0.2) is 17.1 Å². The molecule has 3 aromatic rings. The Morgan fingerprint density at radius 3 is 2.48 bits per heavy atom. The van der Waals surface area contributed by atoms with Crippen LogP contribution in [0.4, 0.5) is 0 Å². The first kappa shape index (κ1) is 16.7. The summed E-state index contributed by atoms with van der Waals surface area (Å²) in [6.45, 7) is 2.02. The highest BCUT2D eigenvalue weighted by atomic mass is 35.5. The number of nitriles is 1. The molecular weight excluding hydrogens is 338 g/mol. The van der Waals surface area contributed by atoms with Gasteiger partial charge in [-0.05, 0) is 25.1 Å². The molecule has 3 rings (SSSR count). The number of nitrogens with zero attached hydrogens (tertiary/aromatic N) is 3. The Hall–Kier alpha value is -3.10. The van der Waals surface area contributed by atoms with E-state index in [9.17, 15) is 0 Å². The Labute approximate surface area is 150 Å². The van der Waals surface area contributed by atoms with E-state index in [2.05, 4.69) is 9.97 Å². The van der Waals surface area contributed by atoms with E-state index < -0.39 is 0 Å². The van der Waals surface area contributed by atoms with Crippen LogP contribution in [0.3, 0.4) is 0 Å². The number of hydrogen-bond donors (Lipinski definition) is 0. The standard InChI is InChI=1S/C19H14ClN3O2/c1-12-3-6-14(7-4-12)17-18(24-2)19(23-11-22-17)25-16-8-5-13(10-21)9-15(16)20/h3-9,11H,1-2H3. The van der Waals surface area contributed by atoms with Crippen molar-refractivity contribution >= 4 is 11.6 Å². The Kier molecular flexibility index (Phi) is 4.82. The molecule has 6 heteroatoms. The first-order valence-corrected chi connectivity index (χ1v) is 7.83. The summed E-state index contributed by atoms with van der Waals surface area (Å²) in [6, 6.07) is 14.7. The number of methoxy groups -OCH3 is 1. The summed E-state index contributed by atoms with van der Waals surface area (Å²) in [6.07, 6.45) is 1.41. The van der Waals surface area contributed by atoms with Crippen LogP contribution < -0.4 is 9.47 Å². The first-order valence-electron chi connectivity index (χ1n) is 7.46. The van der Waals surface area contributed by atoms with Gasteiger partial charge < -0.3 is 9.47 Å². The summed E-state index contributed by atoms with van der Waals surface area (Å²) in [5.74, 6) is 1.04. The number of hydrogen-bond acceptors (Lipinski definition) is 5. The molecule has 0 aliphatic rings. The van der Waals surface area contributed by atoms with Crippen molar-refractivity contribution in [1.29, 1.82) is 5.26 Å². The van der Waals surface area contributed by atoms with Crippen molar-refractivity contribution in [2.45, 2.75) is 6.92 Å². The Balaban J connectivity index is 2.01. The number of halogens is 1. The zero-order valence-corrected chi connectivity index (χ0v) is 14.4. The molecule has 0 aliphatic heterocycles. The van der Waals surface area contributed by atoms with Crippen LogP contribution in [0.15, 0.2) is 48.8 Å². The topological polar surface area (TPSA) is 68.0 Å². The number of benzene rings is 2.